The van der Waals surface area contributed by atoms with Crippen molar-refractivity contribution in [3.8, 4) is 0 Å². The molecule has 0 atom stereocenters. The molecule has 0 amide bonds. The van der Waals surface area contributed by atoms with Crippen LogP contribution in [0.2, 0.25) is 0 Å². The fraction of sp³-hybridized carbons (Fsp3) is 0.125. The van der Waals surface area contributed by atoms with E-state index in [1.54, 1.807) is 62.0 Å². The number of anilines is 2. The Bertz CT molecular complexity index is 571. The van der Waals surface area contributed by atoms with Gasteiger partial charge < -0.3 is 9.80 Å². The van der Waals surface area contributed by atoms with Gasteiger partial charge in [0.1, 0.15) is 0 Å². The van der Waals surface area contributed by atoms with E-state index in [0.29, 0.717) is 0 Å². The Morgan fingerprint density at radius 1 is 0.640 bits per heavy atom. The number of rotatable bonds is 12. The Hall–Kier alpha value is -0.0300. The third kappa shape index (κ3) is 8.03. The summed E-state index contributed by atoms with van der Waals surface area (Å²) < 4.78 is 0. The summed E-state index contributed by atoms with van der Waals surface area (Å²) in [6, 6.07) is 20.4. The van der Waals surface area contributed by atoms with Crippen molar-refractivity contribution in [1.29, 1.82) is 0 Å². The highest BCUT2D eigenvalue weighted by Gasteiger charge is 2.05. The van der Waals surface area contributed by atoms with Crippen LogP contribution in [-0.4, -0.2) is 22.7 Å². The van der Waals surface area contributed by atoms with Gasteiger partial charge in [-0.3, -0.25) is 0 Å². The first kappa shape index (κ1) is 21.3. The molecule has 0 unspecified atom stereocenters. The molecule has 0 N–H and O–H groups in total. The molecule has 0 aromatic heterocycles. The molecule has 0 bridgehead atoms. The third-order valence-electron chi connectivity index (χ3n) is 2.97. The van der Waals surface area contributed by atoms with Crippen LogP contribution in [0.15, 0.2) is 60.7 Å². The summed E-state index contributed by atoms with van der Waals surface area (Å²) in [7, 11) is 8.82. The van der Waals surface area contributed by atoms with Crippen molar-refractivity contribution in [2.45, 2.75) is 0 Å². The number of thiocarbonyl (C=S) groups is 2. The van der Waals surface area contributed by atoms with Gasteiger partial charge in [0, 0.05) is 11.4 Å². The minimum absolute atomic E-state index is 0.826. The molecule has 0 aliphatic carbocycles. The molecular weight excluding hydrogens is 445 g/mol. The molecule has 25 heavy (non-hydrogen) atoms. The van der Waals surface area contributed by atoms with E-state index in [1.807, 2.05) is 36.4 Å². The molecular formula is C16H16N2S7. The van der Waals surface area contributed by atoms with E-state index in [1.165, 1.54) is 0 Å². The second-order valence-electron chi connectivity index (χ2n) is 4.52. The predicted octanol–water partition coefficient (Wildman–Crippen LogP) is 7.16. The zero-order chi connectivity index (χ0) is 17.7. The maximum Gasteiger partial charge on any atom is 0.0801 e. The Morgan fingerprint density at radius 3 is 1.40 bits per heavy atom. The molecule has 0 heterocycles. The van der Waals surface area contributed by atoms with Crippen molar-refractivity contribution in [3.05, 3.63) is 60.7 Å². The lowest BCUT2D eigenvalue weighted by Gasteiger charge is -2.18. The van der Waals surface area contributed by atoms with Gasteiger partial charge in [-0.15, -0.1) is 0 Å². The van der Waals surface area contributed by atoms with Crippen LogP contribution in [0, 0.1) is 0 Å². The zero-order valence-corrected chi connectivity index (χ0v) is 18.8. The smallest absolute Gasteiger partial charge is 0.0801 e. The topological polar surface area (TPSA) is 6.48 Å². The van der Waals surface area contributed by atoms with Gasteiger partial charge in [-0.1, -0.05) is 82.4 Å². The predicted molar refractivity (Wildman–Crippen MR) is 133 cm³/mol. The van der Waals surface area contributed by atoms with E-state index in [0.717, 1.165) is 23.1 Å². The summed E-state index contributed by atoms with van der Waals surface area (Å²) in [5.41, 5.74) is 5.65. The van der Waals surface area contributed by atoms with Crippen LogP contribution in [0.5, 0.6) is 0 Å². The van der Waals surface area contributed by atoms with E-state index in [2.05, 4.69) is 34.1 Å². The number of hydrogen-bond donors (Lipinski definition) is 0. The Kier molecular flexibility index (Phi) is 11.2. The van der Waals surface area contributed by atoms with E-state index in [4.69, 9.17) is 24.4 Å². The average molecular weight is 461 g/mol. The standard InChI is InChI=1S/C16H16N2S7/c19-11-17(15-7-3-1-4-8-15)13-21-23-25-24-22-14-18(12-20)16-9-5-2-6-10-16/h1-12H,13-14H2. The van der Waals surface area contributed by atoms with Gasteiger partial charge in [0.15, 0.2) is 0 Å². The van der Waals surface area contributed by atoms with Crippen molar-refractivity contribution < 1.29 is 0 Å². The summed E-state index contributed by atoms with van der Waals surface area (Å²) >= 11 is 10.2. The van der Waals surface area contributed by atoms with Gasteiger partial charge in [-0.25, -0.2) is 0 Å². The highest BCUT2D eigenvalue weighted by molar-refractivity contribution is 9.35. The van der Waals surface area contributed by atoms with E-state index in [-0.39, 0.29) is 0 Å². The molecule has 0 saturated carbocycles. The highest BCUT2D eigenvalue weighted by atomic mass is 33.8. The molecule has 9 heteroatoms. The highest BCUT2D eigenvalue weighted by Crippen LogP contribution is 2.48. The largest absolute Gasteiger partial charge is 0.328 e. The van der Waals surface area contributed by atoms with Crippen LogP contribution in [-0.2, 0) is 0 Å². The first-order valence-corrected chi connectivity index (χ1v) is 14.6. The summed E-state index contributed by atoms with van der Waals surface area (Å²) in [4.78, 5) is 4.13. The SMILES string of the molecule is S=CN(CSSSSSCN(C=S)c1ccccc1)c1ccccc1. The quantitative estimate of drug-likeness (QED) is 0.140. The molecule has 0 radical (unpaired) electrons. The number of hydrogen-bond acceptors (Lipinski definition) is 7. The summed E-state index contributed by atoms with van der Waals surface area (Å²) in [5, 5.41) is 0. The molecule has 0 fully saturated rings. The lowest BCUT2D eigenvalue weighted by Crippen LogP contribution is -2.18. The number of nitrogens with zero attached hydrogens (tertiary/aromatic N) is 2. The van der Waals surface area contributed by atoms with Crippen LogP contribution in [0.3, 0.4) is 0 Å². The summed E-state index contributed by atoms with van der Waals surface area (Å²) in [6.07, 6.45) is 0. The normalized spacial score (nSPS) is 10.2. The lowest BCUT2D eigenvalue weighted by molar-refractivity contribution is 1.28. The zero-order valence-electron chi connectivity index (χ0n) is 13.1. The molecule has 2 aromatic rings. The Morgan fingerprint density at radius 2 is 1.04 bits per heavy atom. The monoisotopic (exact) mass is 460 g/mol. The minimum Gasteiger partial charge on any atom is -0.328 e. The average Bonchev–Trinajstić information content (AvgIpc) is 2.68. The fourth-order valence-electron chi connectivity index (χ4n) is 1.78. The van der Waals surface area contributed by atoms with Gasteiger partial charge in [0.25, 0.3) is 0 Å². The molecule has 0 spiro atoms. The molecule has 0 saturated heterocycles. The Labute approximate surface area is 178 Å². The maximum atomic E-state index is 5.11. The van der Waals surface area contributed by atoms with Gasteiger partial charge in [0.05, 0.1) is 22.7 Å². The van der Waals surface area contributed by atoms with Crippen molar-refractivity contribution in [3.63, 3.8) is 0 Å². The second-order valence-corrected chi connectivity index (χ2v) is 12.7. The van der Waals surface area contributed by atoms with Crippen molar-refractivity contribution >= 4 is 97.9 Å². The third-order valence-corrected chi connectivity index (χ3v) is 11.8. The van der Waals surface area contributed by atoms with Gasteiger partial charge in [0.2, 0.25) is 0 Å². The first-order chi connectivity index (χ1) is 12.3. The lowest BCUT2D eigenvalue weighted by atomic mass is 10.3. The maximum absolute atomic E-state index is 5.11. The molecule has 0 aliphatic rings. The molecule has 0 aliphatic heterocycles. The van der Waals surface area contributed by atoms with Gasteiger partial charge in [-0.2, -0.15) is 0 Å². The molecule has 2 aromatic carbocycles. The van der Waals surface area contributed by atoms with Crippen LogP contribution in [0.4, 0.5) is 11.4 Å². The van der Waals surface area contributed by atoms with E-state index in [9.17, 15) is 0 Å². The first-order valence-electron chi connectivity index (χ1n) is 7.13. The van der Waals surface area contributed by atoms with Crippen LogP contribution in [0.25, 0.3) is 0 Å². The number of para-hydroxylation sites is 2. The van der Waals surface area contributed by atoms with E-state index < -0.39 is 0 Å². The second kappa shape index (κ2) is 13.2. The Balaban J connectivity index is 1.60. The molecule has 2 nitrogen and oxygen atoms in total. The molecule has 132 valence electrons. The number of benzene rings is 2. The van der Waals surface area contributed by atoms with Crippen molar-refractivity contribution in [2.24, 2.45) is 0 Å². The summed E-state index contributed by atoms with van der Waals surface area (Å²) in [5.74, 6) is 1.65. The molecule has 2 rings (SSSR count). The minimum atomic E-state index is 0.826. The fourth-order valence-corrected chi connectivity index (χ4v) is 10.7. The van der Waals surface area contributed by atoms with Crippen LogP contribution < -0.4 is 9.80 Å². The van der Waals surface area contributed by atoms with E-state index >= 15 is 0 Å². The van der Waals surface area contributed by atoms with Crippen LogP contribution in [0.1, 0.15) is 0 Å². The van der Waals surface area contributed by atoms with Crippen molar-refractivity contribution in [1.82, 2.24) is 0 Å². The van der Waals surface area contributed by atoms with Gasteiger partial charge in [-0.05, 0) is 53.7 Å². The van der Waals surface area contributed by atoms with Crippen LogP contribution >= 0.6 is 75.5 Å². The van der Waals surface area contributed by atoms with Crippen molar-refractivity contribution in [2.75, 3.05) is 21.6 Å². The summed E-state index contributed by atoms with van der Waals surface area (Å²) in [6.45, 7) is 0. The van der Waals surface area contributed by atoms with Gasteiger partial charge >= 0.3 is 0 Å².